The van der Waals surface area contributed by atoms with Crippen molar-refractivity contribution in [3.8, 4) is 5.75 Å². The summed E-state index contributed by atoms with van der Waals surface area (Å²) >= 11 is 18.4. The second-order valence-corrected chi connectivity index (χ2v) is 10.2. The molecule has 0 bridgehead atoms. The number of benzene rings is 4. The first kappa shape index (κ1) is 28.5. The number of nitrogens with one attached hydrogen (secondary N) is 1. The summed E-state index contributed by atoms with van der Waals surface area (Å²) in [5.74, 6) is -0.0694. The molecule has 0 fully saturated rings. The molecule has 4 aromatic carbocycles. The molecule has 1 N–H and O–H groups in total. The molecule has 2 amide bonds. The molecule has 0 spiro atoms. The Labute approximate surface area is 243 Å². The van der Waals surface area contributed by atoms with Crippen LogP contribution in [-0.4, -0.2) is 29.4 Å². The maximum Gasteiger partial charge on any atom is 0.261 e. The van der Waals surface area contributed by atoms with Gasteiger partial charge in [-0.05, 0) is 53.1 Å². The van der Waals surface area contributed by atoms with Gasteiger partial charge in [-0.2, -0.15) is 0 Å². The van der Waals surface area contributed by atoms with E-state index in [0.717, 1.165) is 16.7 Å². The quantitative estimate of drug-likeness (QED) is 0.208. The van der Waals surface area contributed by atoms with E-state index in [2.05, 4.69) is 5.32 Å². The van der Waals surface area contributed by atoms with Crippen LogP contribution in [0, 0.1) is 0 Å². The monoisotopic (exact) mass is 580 g/mol. The lowest BCUT2D eigenvalue weighted by Gasteiger charge is -2.31. The molecular weight excluding hydrogens is 555 g/mol. The average Bonchev–Trinajstić information content (AvgIpc) is 2.95. The number of halogens is 3. The molecule has 5 nitrogen and oxygen atoms in total. The molecule has 0 aliphatic heterocycles. The topological polar surface area (TPSA) is 58.6 Å². The van der Waals surface area contributed by atoms with E-state index in [4.69, 9.17) is 39.5 Å². The highest BCUT2D eigenvalue weighted by Gasteiger charge is 2.30. The predicted molar refractivity (Wildman–Crippen MR) is 156 cm³/mol. The minimum Gasteiger partial charge on any atom is -0.484 e. The fourth-order valence-corrected chi connectivity index (χ4v) is 4.65. The van der Waals surface area contributed by atoms with Gasteiger partial charge in [-0.1, -0.05) is 102 Å². The number of hydrogen-bond donors (Lipinski definition) is 1. The van der Waals surface area contributed by atoms with Crippen LogP contribution in [-0.2, 0) is 29.1 Å². The van der Waals surface area contributed by atoms with Crippen molar-refractivity contribution in [2.45, 2.75) is 25.6 Å². The standard InChI is InChI=1S/C31H27Cl3N2O3/c32-25-14-11-23(12-15-25)20-36(30(37)21-39-27-9-5-2-6-10-27)29(17-22-7-3-1-4-8-22)31(38)35-19-24-13-16-26(33)18-28(24)34/h1-16,18,29H,17,19-21H2,(H,35,38)/t29-/m1/s1. The third-order valence-corrected chi connectivity index (χ3v) is 6.95. The predicted octanol–water partition coefficient (Wildman–Crippen LogP) is 6.98. The Morgan fingerprint density at radius 2 is 1.41 bits per heavy atom. The summed E-state index contributed by atoms with van der Waals surface area (Å²) < 4.78 is 5.77. The number of ether oxygens (including phenoxy) is 1. The van der Waals surface area contributed by atoms with Gasteiger partial charge in [-0.15, -0.1) is 0 Å². The van der Waals surface area contributed by atoms with Crippen molar-refractivity contribution in [2.75, 3.05) is 6.61 Å². The van der Waals surface area contributed by atoms with E-state index in [1.807, 2.05) is 60.7 Å². The third kappa shape index (κ3) is 8.49. The minimum absolute atomic E-state index is 0.184. The lowest BCUT2D eigenvalue weighted by molar-refractivity contribution is -0.142. The Balaban J connectivity index is 1.61. The van der Waals surface area contributed by atoms with Crippen LogP contribution in [0.1, 0.15) is 16.7 Å². The van der Waals surface area contributed by atoms with Crippen molar-refractivity contribution >= 4 is 46.6 Å². The van der Waals surface area contributed by atoms with Gasteiger partial charge in [0.2, 0.25) is 5.91 Å². The molecule has 4 rings (SSSR count). The Morgan fingerprint density at radius 1 is 0.769 bits per heavy atom. The Morgan fingerprint density at radius 3 is 2.08 bits per heavy atom. The molecule has 0 heterocycles. The van der Waals surface area contributed by atoms with Gasteiger partial charge in [-0.25, -0.2) is 0 Å². The van der Waals surface area contributed by atoms with Crippen molar-refractivity contribution in [1.82, 2.24) is 10.2 Å². The van der Waals surface area contributed by atoms with E-state index >= 15 is 0 Å². The number of hydrogen-bond acceptors (Lipinski definition) is 3. The molecule has 0 saturated carbocycles. The molecule has 39 heavy (non-hydrogen) atoms. The second kappa shape index (κ2) is 14.0. The fraction of sp³-hybridized carbons (Fsp3) is 0.161. The van der Waals surface area contributed by atoms with Crippen LogP contribution in [0.25, 0.3) is 0 Å². The van der Waals surface area contributed by atoms with Crippen LogP contribution in [0.4, 0.5) is 0 Å². The first-order valence-corrected chi connectivity index (χ1v) is 13.5. The summed E-state index contributed by atoms with van der Waals surface area (Å²) in [6.07, 6.45) is 0.311. The zero-order valence-electron chi connectivity index (χ0n) is 21.0. The molecule has 1 atom stereocenters. The van der Waals surface area contributed by atoms with E-state index < -0.39 is 6.04 Å². The Bertz CT molecular complexity index is 1380. The fourth-order valence-electron chi connectivity index (χ4n) is 4.05. The highest BCUT2D eigenvalue weighted by molar-refractivity contribution is 6.35. The van der Waals surface area contributed by atoms with Crippen LogP contribution in [0.5, 0.6) is 5.75 Å². The van der Waals surface area contributed by atoms with E-state index in [1.165, 1.54) is 0 Å². The van der Waals surface area contributed by atoms with Gasteiger partial charge >= 0.3 is 0 Å². The average molecular weight is 582 g/mol. The van der Waals surface area contributed by atoms with E-state index in [1.54, 1.807) is 47.4 Å². The van der Waals surface area contributed by atoms with Crippen molar-refractivity contribution < 1.29 is 14.3 Å². The van der Waals surface area contributed by atoms with E-state index in [-0.39, 0.29) is 31.5 Å². The molecule has 0 radical (unpaired) electrons. The van der Waals surface area contributed by atoms with Crippen LogP contribution in [0.15, 0.2) is 103 Å². The number of para-hydroxylation sites is 1. The van der Waals surface area contributed by atoms with E-state index in [9.17, 15) is 9.59 Å². The molecule has 0 aliphatic rings. The highest BCUT2D eigenvalue weighted by Crippen LogP contribution is 2.22. The zero-order chi connectivity index (χ0) is 27.6. The first-order valence-electron chi connectivity index (χ1n) is 12.4. The number of nitrogens with zero attached hydrogens (tertiary/aromatic N) is 1. The molecule has 0 aromatic heterocycles. The lowest BCUT2D eigenvalue weighted by Crippen LogP contribution is -2.51. The first-order chi connectivity index (χ1) is 18.9. The molecule has 8 heteroatoms. The van der Waals surface area contributed by atoms with Crippen molar-refractivity contribution in [1.29, 1.82) is 0 Å². The SMILES string of the molecule is O=C(NCc1ccc(Cl)cc1Cl)[C@@H](Cc1ccccc1)N(Cc1ccc(Cl)cc1)C(=O)COc1ccccc1. The molecule has 0 unspecified atom stereocenters. The molecular formula is C31H27Cl3N2O3. The van der Waals surface area contributed by atoms with Gasteiger partial charge < -0.3 is 15.0 Å². The number of rotatable bonds is 11. The zero-order valence-corrected chi connectivity index (χ0v) is 23.3. The molecule has 200 valence electrons. The van der Waals surface area contributed by atoms with Crippen molar-refractivity contribution in [3.05, 3.63) is 135 Å². The van der Waals surface area contributed by atoms with Crippen LogP contribution < -0.4 is 10.1 Å². The van der Waals surface area contributed by atoms with Crippen molar-refractivity contribution in [2.24, 2.45) is 0 Å². The normalized spacial score (nSPS) is 11.5. The summed E-state index contributed by atoms with van der Waals surface area (Å²) in [6, 6.07) is 30.2. The smallest absolute Gasteiger partial charge is 0.261 e. The summed E-state index contributed by atoms with van der Waals surface area (Å²) in [4.78, 5) is 28.9. The van der Waals surface area contributed by atoms with Gasteiger partial charge in [0.05, 0.1) is 0 Å². The molecule has 4 aromatic rings. The summed E-state index contributed by atoms with van der Waals surface area (Å²) in [6.45, 7) is 0.156. The largest absolute Gasteiger partial charge is 0.484 e. The van der Waals surface area contributed by atoms with Crippen LogP contribution >= 0.6 is 34.8 Å². The maximum atomic E-state index is 13.7. The number of carbonyl (C=O) groups is 2. The van der Waals surface area contributed by atoms with Gasteiger partial charge in [0.25, 0.3) is 5.91 Å². The van der Waals surface area contributed by atoms with Crippen molar-refractivity contribution in [3.63, 3.8) is 0 Å². The molecule has 0 saturated heterocycles. The van der Waals surface area contributed by atoms with Gasteiger partial charge in [0.15, 0.2) is 6.61 Å². The van der Waals surface area contributed by atoms with E-state index in [0.29, 0.717) is 27.2 Å². The summed E-state index contributed by atoms with van der Waals surface area (Å²) in [5.41, 5.74) is 2.47. The van der Waals surface area contributed by atoms with Crippen LogP contribution in [0.3, 0.4) is 0 Å². The lowest BCUT2D eigenvalue weighted by atomic mass is 10.0. The highest BCUT2D eigenvalue weighted by atomic mass is 35.5. The summed E-state index contributed by atoms with van der Waals surface area (Å²) in [5, 5.41) is 4.51. The Kier molecular flexibility index (Phi) is 10.3. The van der Waals surface area contributed by atoms with Gasteiger partial charge in [-0.3, -0.25) is 9.59 Å². The van der Waals surface area contributed by atoms with Crippen LogP contribution in [0.2, 0.25) is 15.1 Å². The number of carbonyl (C=O) groups excluding carboxylic acids is 2. The Hall–Kier alpha value is -3.51. The maximum absolute atomic E-state index is 13.7. The molecule has 0 aliphatic carbocycles. The summed E-state index contributed by atoms with van der Waals surface area (Å²) in [7, 11) is 0. The van der Waals surface area contributed by atoms with Gasteiger partial charge in [0, 0.05) is 34.6 Å². The van der Waals surface area contributed by atoms with Gasteiger partial charge in [0.1, 0.15) is 11.8 Å². The number of amides is 2. The minimum atomic E-state index is -0.818. The third-order valence-electron chi connectivity index (χ3n) is 6.11. The second-order valence-electron chi connectivity index (χ2n) is 8.91.